The number of methoxy groups -OCH3 is 1. The molecule has 1 N–H and O–H groups in total. The fraction of sp³-hybridized carbons (Fsp3) is 0.655. The number of benzene rings is 1. The Kier molecular flexibility index (Phi) is 10.1. The first-order chi connectivity index (χ1) is 18.7. The molecule has 2 amide bonds. The lowest BCUT2D eigenvalue weighted by Crippen LogP contribution is -2.60. The molecule has 10 nitrogen and oxygen atoms in total. The van der Waals surface area contributed by atoms with Gasteiger partial charge in [-0.2, -0.15) is 0 Å². The predicted octanol–water partition coefficient (Wildman–Crippen LogP) is 5.31. The Balaban J connectivity index is 2.05. The number of aliphatic carboxylic acids is 1. The lowest BCUT2D eigenvalue weighted by atomic mass is 9.79. The number of hydrogen-bond acceptors (Lipinski definition) is 6. The standard InChI is InChI=1S/C29H43ClN4O6/c1-19(2)16-34(20-15-29(6,26(36)37)18-32(17-20)27(38)40-28(3,4)5)25(35)24-31-23-21(30)11-10-12-22(23)33(24)13-8-9-14-39-7/h10-12,19-20H,8-9,13-18H2,1-7H3,(H,36,37)/t20-,29+/m0/s1. The van der Waals surface area contributed by atoms with Gasteiger partial charge in [0.25, 0.3) is 5.91 Å². The second-order valence-corrected chi connectivity index (χ2v) is 12.7. The number of piperidine rings is 1. The van der Waals surface area contributed by atoms with E-state index in [0.29, 0.717) is 30.2 Å². The fourth-order valence-corrected chi connectivity index (χ4v) is 5.37. The number of para-hydroxylation sites is 1. The van der Waals surface area contributed by atoms with Crippen LogP contribution in [0.15, 0.2) is 18.2 Å². The minimum absolute atomic E-state index is 0.00885. The second-order valence-electron chi connectivity index (χ2n) is 12.3. The maximum atomic E-state index is 14.3. The van der Waals surface area contributed by atoms with Crippen LogP contribution in [-0.4, -0.2) is 87.4 Å². The molecule has 1 aliphatic heterocycles. The van der Waals surface area contributed by atoms with E-state index >= 15 is 0 Å². The SMILES string of the molecule is COCCCCn1c(C(=O)N(CC(C)C)[C@@H]2CN(C(=O)OC(C)(C)C)C[C@](C)(C(=O)O)C2)nc2c(Cl)cccc21. The van der Waals surface area contributed by atoms with Crippen molar-refractivity contribution in [2.45, 2.75) is 79.0 Å². The van der Waals surface area contributed by atoms with Crippen LogP contribution in [0, 0.1) is 11.3 Å². The van der Waals surface area contributed by atoms with E-state index in [1.807, 2.05) is 30.5 Å². The maximum Gasteiger partial charge on any atom is 0.410 e. The molecule has 3 rings (SSSR count). The molecule has 0 bridgehead atoms. The van der Waals surface area contributed by atoms with E-state index in [9.17, 15) is 19.5 Å². The average Bonchev–Trinajstić information content (AvgIpc) is 3.23. The van der Waals surface area contributed by atoms with Crippen molar-refractivity contribution in [1.82, 2.24) is 19.4 Å². The molecule has 2 aromatic rings. The number of aryl methyl sites for hydroxylation is 1. The van der Waals surface area contributed by atoms with Crippen molar-refractivity contribution in [3.8, 4) is 0 Å². The molecule has 0 aliphatic carbocycles. The van der Waals surface area contributed by atoms with Crippen LogP contribution in [0.25, 0.3) is 11.0 Å². The van der Waals surface area contributed by atoms with Gasteiger partial charge in [0.2, 0.25) is 0 Å². The number of imidazole rings is 1. The van der Waals surface area contributed by atoms with Gasteiger partial charge in [0.05, 0.1) is 22.0 Å². The van der Waals surface area contributed by atoms with Gasteiger partial charge < -0.3 is 28.9 Å². The number of nitrogens with zero attached hydrogens (tertiary/aromatic N) is 4. The lowest BCUT2D eigenvalue weighted by Gasteiger charge is -2.46. The van der Waals surface area contributed by atoms with Crippen LogP contribution in [0.2, 0.25) is 5.02 Å². The van der Waals surface area contributed by atoms with Crippen molar-refractivity contribution < 1.29 is 29.0 Å². The van der Waals surface area contributed by atoms with Crippen LogP contribution in [0.5, 0.6) is 0 Å². The van der Waals surface area contributed by atoms with Crippen molar-refractivity contribution in [2.24, 2.45) is 11.3 Å². The summed E-state index contributed by atoms with van der Waals surface area (Å²) < 4.78 is 12.7. The third-order valence-corrected chi connectivity index (χ3v) is 7.29. The highest BCUT2D eigenvalue weighted by Crippen LogP contribution is 2.34. The Morgan fingerprint density at radius 3 is 2.55 bits per heavy atom. The molecule has 0 radical (unpaired) electrons. The number of likely N-dealkylation sites (tertiary alicyclic amines) is 1. The van der Waals surface area contributed by atoms with Gasteiger partial charge in [-0.15, -0.1) is 0 Å². The molecule has 40 heavy (non-hydrogen) atoms. The highest BCUT2D eigenvalue weighted by Gasteiger charge is 2.47. The summed E-state index contributed by atoms with van der Waals surface area (Å²) in [5.74, 6) is -1.02. The zero-order valence-electron chi connectivity index (χ0n) is 24.7. The number of carboxylic acids is 1. The average molecular weight is 579 g/mol. The van der Waals surface area contributed by atoms with Crippen LogP contribution in [0.4, 0.5) is 4.79 Å². The zero-order chi connectivity index (χ0) is 29.8. The minimum atomic E-state index is -1.26. The van der Waals surface area contributed by atoms with Crippen molar-refractivity contribution in [3.63, 3.8) is 0 Å². The van der Waals surface area contributed by atoms with Crippen molar-refractivity contribution in [3.05, 3.63) is 29.0 Å². The zero-order valence-corrected chi connectivity index (χ0v) is 25.5. The molecule has 1 saturated heterocycles. The summed E-state index contributed by atoms with van der Waals surface area (Å²) in [5.41, 5.74) is -0.714. The van der Waals surface area contributed by atoms with E-state index in [1.54, 1.807) is 45.8 Å². The second kappa shape index (κ2) is 12.8. The van der Waals surface area contributed by atoms with E-state index in [2.05, 4.69) is 0 Å². The van der Waals surface area contributed by atoms with E-state index < -0.39 is 29.1 Å². The summed E-state index contributed by atoms with van der Waals surface area (Å²) in [5, 5.41) is 10.6. The first kappa shape index (κ1) is 31.7. The monoisotopic (exact) mass is 578 g/mol. The highest BCUT2D eigenvalue weighted by molar-refractivity contribution is 6.35. The number of hydrogen-bond donors (Lipinski definition) is 1. The van der Waals surface area contributed by atoms with Gasteiger partial charge in [0, 0.05) is 39.9 Å². The quantitative estimate of drug-likeness (QED) is 0.380. The number of carboxylic acid groups (broad SMARTS) is 1. The van der Waals surface area contributed by atoms with Crippen LogP contribution in [0.1, 0.15) is 71.4 Å². The lowest BCUT2D eigenvalue weighted by molar-refractivity contribution is -0.152. The summed E-state index contributed by atoms with van der Waals surface area (Å²) in [4.78, 5) is 47.7. The van der Waals surface area contributed by atoms with E-state index in [1.165, 1.54) is 4.90 Å². The summed E-state index contributed by atoms with van der Waals surface area (Å²) >= 11 is 6.48. The Labute approximate surface area is 241 Å². The minimum Gasteiger partial charge on any atom is -0.481 e. The van der Waals surface area contributed by atoms with Crippen molar-refractivity contribution in [2.75, 3.05) is 33.4 Å². The van der Waals surface area contributed by atoms with Gasteiger partial charge in [0.15, 0.2) is 5.82 Å². The van der Waals surface area contributed by atoms with Crippen LogP contribution >= 0.6 is 11.6 Å². The van der Waals surface area contributed by atoms with Gasteiger partial charge in [0.1, 0.15) is 11.1 Å². The molecular formula is C29H43ClN4O6. The van der Waals surface area contributed by atoms with E-state index in [0.717, 1.165) is 18.4 Å². The van der Waals surface area contributed by atoms with Crippen LogP contribution < -0.4 is 0 Å². The molecule has 11 heteroatoms. The normalized spacial score (nSPS) is 19.7. The number of carbonyl (C=O) groups excluding carboxylic acids is 2. The largest absolute Gasteiger partial charge is 0.481 e. The van der Waals surface area contributed by atoms with Crippen molar-refractivity contribution in [1.29, 1.82) is 0 Å². The van der Waals surface area contributed by atoms with Crippen molar-refractivity contribution >= 4 is 40.6 Å². The predicted molar refractivity (Wildman–Crippen MR) is 154 cm³/mol. The van der Waals surface area contributed by atoms with Gasteiger partial charge in [-0.25, -0.2) is 9.78 Å². The number of rotatable bonds is 10. The number of fused-ring (bicyclic) bond motifs is 1. The van der Waals surface area contributed by atoms with Crippen LogP contribution in [0.3, 0.4) is 0 Å². The third kappa shape index (κ3) is 7.46. The Hall–Kier alpha value is -2.85. The smallest absolute Gasteiger partial charge is 0.410 e. The molecule has 1 aromatic heterocycles. The van der Waals surface area contributed by atoms with Gasteiger partial charge in [-0.3, -0.25) is 9.59 Å². The molecule has 222 valence electrons. The van der Waals surface area contributed by atoms with E-state index in [4.69, 9.17) is 26.1 Å². The Morgan fingerprint density at radius 2 is 1.95 bits per heavy atom. The topological polar surface area (TPSA) is 114 Å². The van der Waals surface area contributed by atoms with Gasteiger partial charge in [-0.1, -0.05) is 31.5 Å². The van der Waals surface area contributed by atoms with E-state index in [-0.39, 0.29) is 37.2 Å². The summed E-state index contributed by atoms with van der Waals surface area (Å²) in [6.45, 7) is 12.6. The molecular weight excluding hydrogens is 536 g/mol. The number of carbonyl (C=O) groups is 3. The molecule has 1 aromatic carbocycles. The molecule has 1 aliphatic rings. The number of ether oxygens (including phenoxy) is 2. The molecule has 1 fully saturated rings. The maximum absolute atomic E-state index is 14.3. The number of halogens is 1. The number of aromatic nitrogens is 2. The molecule has 0 saturated carbocycles. The molecule has 2 atom stereocenters. The summed E-state index contributed by atoms with van der Waals surface area (Å²) in [7, 11) is 1.65. The first-order valence-corrected chi connectivity index (χ1v) is 14.2. The summed E-state index contributed by atoms with van der Waals surface area (Å²) in [6.07, 6.45) is 1.17. The highest BCUT2D eigenvalue weighted by atomic mass is 35.5. The van der Waals surface area contributed by atoms with Crippen LogP contribution in [-0.2, 0) is 20.8 Å². The molecule has 2 heterocycles. The Bertz CT molecular complexity index is 1220. The number of unbranched alkanes of at least 4 members (excludes halogenated alkanes) is 1. The number of amides is 2. The van der Waals surface area contributed by atoms with Gasteiger partial charge in [-0.05, 0) is 65.0 Å². The molecule has 0 unspecified atom stereocenters. The Morgan fingerprint density at radius 1 is 1.25 bits per heavy atom. The fourth-order valence-electron chi connectivity index (χ4n) is 5.16. The first-order valence-electron chi connectivity index (χ1n) is 13.8. The third-order valence-electron chi connectivity index (χ3n) is 6.99. The summed E-state index contributed by atoms with van der Waals surface area (Å²) in [6, 6.07) is 4.90. The van der Waals surface area contributed by atoms with Gasteiger partial charge >= 0.3 is 12.1 Å². The molecule has 0 spiro atoms.